The quantitative estimate of drug-likeness (QED) is 0.328. The molecule has 82 valence electrons. The van der Waals surface area contributed by atoms with Crippen LogP contribution < -0.4 is 0 Å². The van der Waals surface area contributed by atoms with Crippen LogP contribution >= 0.6 is 15.9 Å². The second-order valence-electron chi connectivity index (χ2n) is 4.25. The van der Waals surface area contributed by atoms with Crippen LogP contribution in [0.1, 0.15) is 34.1 Å². The molecule has 0 aliphatic carbocycles. The summed E-state index contributed by atoms with van der Waals surface area (Å²) in [6.45, 7) is 12.6. The lowest BCUT2D eigenvalue weighted by molar-refractivity contribution is 0.115. The molecular formula is C11H20BrNO. The normalized spacial score (nSPS) is 12.8. The van der Waals surface area contributed by atoms with Crippen molar-refractivity contribution in [2.24, 2.45) is 4.99 Å². The second-order valence-corrected chi connectivity index (χ2v) is 4.81. The molecule has 3 heteroatoms. The lowest BCUT2D eigenvalue weighted by Gasteiger charge is -2.20. The summed E-state index contributed by atoms with van der Waals surface area (Å²) in [5.74, 6) is 0.750. The number of hydrogen-bond acceptors (Lipinski definition) is 2. The summed E-state index contributed by atoms with van der Waals surface area (Å²) >= 11 is 3.35. The number of aliphatic imine (C=N–C) groups is 1. The van der Waals surface area contributed by atoms with Crippen molar-refractivity contribution < 1.29 is 4.74 Å². The summed E-state index contributed by atoms with van der Waals surface area (Å²) in [6, 6.07) is 0. The summed E-state index contributed by atoms with van der Waals surface area (Å²) in [4.78, 5) is 4.31. The topological polar surface area (TPSA) is 21.6 Å². The third kappa shape index (κ3) is 8.30. The van der Waals surface area contributed by atoms with Crippen LogP contribution in [0.4, 0.5) is 0 Å². The molecule has 0 aromatic rings. The molecule has 0 saturated heterocycles. The van der Waals surface area contributed by atoms with Crippen molar-refractivity contribution in [1.29, 1.82) is 0 Å². The fourth-order valence-corrected chi connectivity index (χ4v) is 1.19. The van der Waals surface area contributed by atoms with Crippen molar-refractivity contribution in [3.05, 3.63) is 12.2 Å². The van der Waals surface area contributed by atoms with Gasteiger partial charge < -0.3 is 4.74 Å². The number of halogens is 1. The monoisotopic (exact) mass is 261 g/mol. The maximum Gasteiger partial charge on any atom is 0.180 e. The third-order valence-electron chi connectivity index (χ3n) is 1.44. The lowest BCUT2D eigenvalue weighted by atomic mass is 10.2. The SMILES string of the molecule is C=C(CBr)CCN=C(C)OC(C)(C)C. The van der Waals surface area contributed by atoms with E-state index in [-0.39, 0.29) is 5.60 Å². The Kier molecular flexibility index (Phi) is 6.09. The van der Waals surface area contributed by atoms with Crippen LogP contribution in [0.15, 0.2) is 17.1 Å². The minimum absolute atomic E-state index is 0.153. The molecule has 0 aromatic carbocycles. The van der Waals surface area contributed by atoms with Crippen LogP contribution in [0.3, 0.4) is 0 Å². The maximum absolute atomic E-state index is 5.56. The Bertz CT molecular complexity index is 216. The van der Waals surface area contributed by atoms with Crippen molar-refractivity contribution in [3.8, 4) is 0 Å². The third-order valence-corrected chi connectivity index (χ3v) is 2.24. The van der Waals surface area contributed by atoms with E-state index in [4.69, 9.17) is 4.74 Å². The summed E-state index contributed by atoms with van der Waals surface area (Å²) in [5.41, 5.74) is 1.01. The molecule has 0 atom stereocenters. The van der Waals surface area contributed by atoms with Gasteiger partial charge in [0.05, 0.1) is 0 Å². The Balaban J connectivity index is 3.83. The fourth-order valence-electron chi connectivity index (χ4n) is 0.914. The Labute approximate surface area is 95.6 Å². The standard InChI is InChI=1S/C11H20BrNO/c1-9(8-12)6-7-13-10(2)14-11(3,4)5/h1,6-8H2,2-5H3. The van der Waals surface area contributed by atoms with E-state index in [1.165, 1.54) is 0 Å². The molecule has 0 heterocycles. The Morgan fingerprint density at radius 2 is 2.00 bits per heavy atom. The van der Waals surface area contributed by atoms with Crippen molar-refractivity contribution >= 4 is 21.8 Å². The lowest BCUT2D eigenvalue weighted by Crippen LogP contribution is -2.22. The molecular weight excluding hydrogens is 242 g/mol. The summed E-state index contributed by atoms with van der Waals surface area (Å²) in [6.07, 6.45) is 0.913. The van der Waals surface area contributed by atoms with Gasteiger partial charge in [-0.15, -0.1) is 0 Å². The largest absolute Gasteiger partial charge is 0.476 e. The molecule has 0 saturated carbocycles. The highest BCUT2D eigenvalue weighted by Crippen LogP contribution is 2.08. The molecule has 0 radical (unpaired) electrons. The van der Waals surface area contributed by atoms with Crippen LogP contribution in [0, 0.1) is 0 Å². The predicted molar refractivity (Wildman–Crippen MR) is 66.4 cm³/mol. The molecule has 0 aliphatic rings. The smallest absolute Gasteiger partial charge is 0.180 e. The van der Waals surface area contributed by atoms with Crippen LogP contribution in [0.5, 0.6) is 0 Å². The first-order valence-electron chi connectivity index (χ1n) is 4.78. The van der Waals surface area contributed by atoms with E-state index in [1.54, 1.807) is 0 Å². The number of hydrogen-bond donors (Lipinski definition) is 0. The van der Waals surface area contributed by atoms with Gasteiger partial charge in [-0.3, -0.25) is 4.99 Å². The molecule has 2 nitrogen and oxygen atoms in total. The van der Waals surface area contributed by atoms with Gasteiger partial charge in [-0.2, -0.15) is 0 Å². The fraction of sp³-hybridized carbons (Fsp3) is 0.727. The number of rotatable bonds is 4. The van der Waals surface area contributed by atoms with E-state index in [0.717, 1.165) is 29.8 Å². The molecule has 14 heavy (non-hydrogen) atoms. The molecule has 0 bridgehead atoms. The number of ether oxygens (including phenoxy) is 1. The molecule has 0 fully saturated rings. The van der Waals surface area contributed by atoms with Crippen LogP contribution in [-0.4, -0.2) is 23.4 Å². The zero-order chi connectivity index (χ0) is 11.2. The van der Waals surface area contributed by atoms with E-state index in [2.05, 4.69) is 27.5 Å². The van der Waals surface area contributed by atoms with Crippen molar-refractivity contribution in [2.45, 2.75) is 39.7 Å². The Morgan fingerprint density at radius 1 is 1.43 bits per heavy atom. The van der Waals surface area contributed by atoms with Crippen LogP contribution in [0.25, 0.3) is 0 Å². The van der Waals surface area contributed by atoms with Gasteiger partial charge in [-0.05, 0) is 27.2 Å². The maximum atomic E-state index is 5.56. The minimum atomic E-state index is -0.153. The summed E-state index contributed by atoms with van der Waals surface area (Å²) in [5, 5.41) is 0.849. The van der Waals surface area contributed by atoms with Gasteiger partial charge in [-0.1, -0.05) is 28.1 Å². The first kappa shape index (κ1) is 13.7. The first-order valence-corrected chi connectivity index (χ1v) is 5.90. The zero-order valence-corrected chi connectivity index (χ0v) is 11.1. The van der Waals surface area contributed by atoms with Gasteiger partial charge in [0.1, 0.15) is 5.60 Å². The van der Waals surface area contributed by atoms with Crippen molar-refractivity contribution in [1.82, 2.24) is 0 Å². The van der Waals surface area contributed by atoms with E-state index >= 15 is 0 Å². The van der Waals surface area contributed by atoms with Crippen molar-refractivity contribution in [2.75, 3.05) is 11.9 Å². The van der Waals surface area contributed by atoms with E-state index in [9.17, 15) is 0 Å². The molecule has 0 N–H and O–H groups in total. The molecule has 0 amide bonds. The number of alkyl halides is 1. The van der Waals surface area contributed by atoms with Gasteiger partial charge in [-0.25, -0.2) is 0 Å². The van der Waals surface area contributed by atoms with E-state index in [1.807, 2.05) is 27.7 Å². The Hall–Kier alpha value is -0.310. The minimum Gasteiger partial charge on any atom is -0.476 e. The highest BCUT2D eigenvalue weighted by molar-refractivity contribution is 9.09. The van der Waals surface area contributed by atoms with Crippen LogP contribution in [-0.2, 0) is 4.74 Å². The van der Waals surface area contributed by atoms with Crippen LogP contribution in [0.2, 0.25) is 0 Å². The number of nitrogens with zero attached hydrogens (tertiary/aromatic N) is 1. The summed E-state index contributed by atoms with van der Waals surface area (Å²) < 4.78 is 5.56. The van der Waals surface area contributed by atoms with E-state index < -0.39 is 0 Å². The highest BCUT2D eigenvalue weighted by atomic mass is 79.9. The second kappa shape index (κ2) is 6.23. The molecule has 0 spiro atoms. The molecule has 0 aliphatic heterocycles. The van der Waals surface area contributed by atoms with E-state index in [0.29, 0.717) is 0 Å². The van der Waals surface area contributed by atoms with Gasteiger partial charge in [0, 0.05) is 18.8 Å². The zero-order valence-electron chi connectivity index (χ0n) is 9.56. The molecule has 0 aromatic heterocycles. The average molecular weight is 262 g/mol. The Morgan fingerprint density at radius 3 is 2.43 bits per heavy atom. The van der Waals surface area contributed by atoms with Gasteiger partial charge in [0.2, 0.25) is 0 Å². The predicted octanol–water partition coefficient (Wildman–Crippen LogP) is 3.56. The molecule has 0 rings (SSSR count). The summed E-state index contributed by atoms with van der Waals surface area (Å²) in [7, 11) is 0. The van der Waals surface area contributed by atoms with Gasteiger partial charge >= 0.3 is 0 Å². The first-order chi connectivity index (χ1) is 6.35. The van der Waals surface area contributed by atoms with Crippen molar-refractivity contribution in [3.63, 3.8) is 0 Å². The average Bonchev–Trinajstić information content (AvgIpc) is 2.00. The van der Waals surface area contributed by atoms with Gasteiger partial charge in [0.15, 0.2) is 5.90 Å². The highest BCUT2D eigenvalue weighted by Gasteiger charge is 2.11. The molecule has 0 unspecified atom stereocenters. The van der Waals surface area contributed by atoms with Gasteiger partial charge in [0.25, 0.3) is 0 Å².